The van der Waals surface area contributed by atoms with Gasteiger partial charge in [0.2, 0.25) is 0 Å². The topological polar surface area (TPSA) is 46.2 Å². The predicted octanol–water partition coefficient (Wildman–Crippen LogP) is 2.30. The number of hydrogen-bond acceptors (Lipinski definition) is 2. The van der Waals surface area contributed by atoms with Gasteiger partial charge in [-0.25, -0.2) is 0 Å². The standard InChI is InChI=1S/C12H25NO/c1-4-5-6-7-9-8-10(13)11(14)12(9,2)3/h9-11,14H,4-8,13H2,1-3H3/t9?,10-,11+/m1/s1. The maximum absolute atomic E-state index is 9.93. The molecule has 14 heavy (non-hydrogen) atoms. The van der Waals surface area contributed by atoms with E-state index >= 15 is 0 Å². The fourth-order valence-electron chi connectivity index (χ4n) is 2.69. The molecule has 0 heterocycles. The van der Waals surface area contributed by atoms with Gasteiger partial charge in [0.25, 0.3) is 0 Å². The lowest BCUT2D eigenvalue weighted by atomic mass is 9.78. The average molecular weight is 199 g/mol. The largest absolute Gasteiger partial charge is 0.391 e. The summed E-state index contributed by atoms with van der Waals surface area (Å²) in [6.07, 6.45) is 5.77. The summed E-state index contributed by atoms with van der Waals surface area (Å²) in [4.78, 5) is 0. The summed E-state index contributed by atoms with van der Waals surface area (Å²) >= 11 is 0. The monoisotopic (exact) mass is 199 g/mol. The van der Waals surface area contributed by atoms with E-state index in [1.807, 2.05) is 0 Å². The molecule has 2 heteroatoms. The predicted molar refractivity (Wildman–Crippen MR) is 60.0 cm³/mol. The van der Waals surface area contributed by atoms with Crippen LogP contribution in [0.25, 0.3) is 0 Å². The Labute approximate surface area is 87.9 Å². The average Bonchev–Trinajstić information content (AvgIpc) is 2.31. The first kappa shape index (κ1) is 12.0. The molecule has 0 aliphatic heterocycles. The van der Waals surface area contributed by atoms with Gasteiger partial charge in [-0.05, 0) is 24.2 Å². The maximum Gasteiger partial charge on any atom is 0.0744 e. The smallest absolute Gasteiger partial charge is 0.0744 e. The van der Waals surface area contributed by atoms with Gasteiger partial charge in [0.15, 0.2) is 0 Å². The number of hydrogen-bond donors (Lipinski definition) is 2. The number of nitrogens with two attached hydrogens (primary N) is 1. The fraction of sp³-hybridized carbons (Fsp3) is 1.00. The third-order valence-electron chi connectivity index (χ3n) is 3.93. The number of aliphatic hydroxyl groups is 1. The molecule has 84 valence electrons. The van der Waals surface area contributed by atoms with E-state index in [9.17, 15) is 5.11 Å². The van der Waals surface area contributed by atoms with E-state index in [1.54, 1.807) is 0 Å². The maximum atomic E-state index is 9.93. The summed E-state index contributed by atoms with van der Waals surface area (Å²) in [7, 11) is 0. The second kappa shape index (κ2) is 4.63. The molecule has 0 bridgehead atoms. The van der Waals surface area contributed by atoms with Crippen LogP contribution in [0, 0.1) is 11.3 Å². The molecule has 1 fully saturated rings. The van der Waals surface area contributed by atoms with Gasteiger partial charge in [-0.3, -0.25) is 0 Å². The van der Waals surface area contributed by atoms with E-state index in [0.717, 1.165) is 6.42 Å². The molecule has 0 spiro atoms. The van der Waals surface area contributed by atoms with E-state index in [-0.39, 0.29) is 17.6 Å². The van der Waals surface area contributed by atoms with Crippen LogP contribution in [0.5, 0.6) is 0 Å². The Balaban J connectivity index is 2.45. The van der Waals surface area contributed by atoms with Gasteiger partial charge in [-0.15, -0.1) is 0 Å². The quantitative estimate of drug-likeness (QED) is 0.682. The van der Waals surface area contributed by atoms with E-state index in [2.05, 4.69) is 20.8 Å². The van der Waals surface area contributed by atoms with Crippen molar-refractivity contribution in [1.29, 1.82) is 0 Å². The third kappa shape index (κ3) is 2.29. The minimum Gasteiger partial charge on any atom is -0.391 e. The molecule has 0 amide bonds. The van der Waals surface area contributed by atoms with Crippen LogP contribution >= 0.6 is 0 Å². The van der Waals surface area contributed by atoms with Gasteiger partial charge in [-0.1, -0.05) is 40.0 Å². The summed E-state index contributed by atoms with van der Waals surface area (Å²) in [5.74, 6) is 0.610. The SMILES string of the molecule is CCCCCC1C[C@@H](N)[C@H](O)C1(C)C. The van der Waals surface area contributed by atoms with Crippen LogP contribution in [-0.2, 0) is 0 Å². The summed E-state index contributed by atoms with van der Waals surface area (Å²) in [6.45, 7) is 6.53. The summed E-state index contributed by atoms with van der Waals surface area (Å²) in [5.41, 5.74) is 5.92. The molecule has 1 aliphatic rings. The van der Waals surface area contributed by atoms with Gasteiger partial charge in [-0.2, -0.15) is 0 Å². The van der Waals surface area contributed by atoms with Crippen molar-refractivity contribution in [2.24, 2.45) is 17.1 Å². The highest BCUT2D eigenvalue weighted by Crippen LogP contribution is 2.44. The number of aliphatic hydroxyl groups excluding tert-OH is 1. The molecule has 1 rings (SSSR count). The second-order valence-electron chi connectivity index (χ2n) is 5.36. The van der Waals surface area contributed by atoms with Crippen molar-refractivity contribution in [2.75, 3.05) is 0 Å². The minimum atomic E-state index is -0.311. The van der Waals surface area contributed by atoms with Gasteiger partial charge < -0.3 is 10.8 Å². The van der Waals surface area contributed by atoms with Crippen LogP contribution < -0.4 is 5.73 Å². The lowest BCUT2D eigenvalue weighted by Crippen LogP contribution is -2.37. The Hall–Kier alpha value is -0.0800. The lowest BCUT2D eigenvalue weighted by molar-refractivity contribution is 0.0438. The summed E-state index contributed by atoms with van der Waals surface area (Å²) < 4.78 is 0. The molecule has 1 unspecified atom stereocenters. The minimum absolute atomic E-state index is 0.00312. The van der Waals surface area contributed by atoms with Crippen LogP contribution in [-0.4, -0.2) is 17.3 Å². The molecule has 0 aromatic rings. The molecule has 0 saturated heterocycles. The van der Waals surface area contributed by atoms with E-state index < -0.39 is 0 Å². The van der Waals surface area contributed by atoms with E-state index in [1.165, 1.54) is 25.7 Å². The Morgan fingerprint density at radius 2 is 2.00 bits per heavy atom. The van der Waals surface area contributed by atoms with E-state index in [0.29, 0.717) is 5.92 Å². The fourth-order valence-corrected chi connectivity index (χ4v) is 2.69. The van der Waals surface area contributed by atoms with Crippen LogP contribution in [0.1, 0.15) is 52.9 Å². The van der Waals surface area contributed by atoms with Crippen LogP contribution in [0.2, 0.25) is 0 Å². The first-order valence-corrected chi connectivity index (χ1v) is 5.93. The van der Waals surface area contributed by atoms with Crippen molar-refractivity contribution in [1.82, 2.24) is 0 Å². The van der Waals surface area contributed by atoms with Crippen LogP contribution in [0.15, 0.2) is 0 Å². The zero-order valence-corrected chi connectivity index (χ0v) is 9.79. The highest BCUT2D eigenvalue weighted by Gasteiger charge is 2.46. The van der Waals surface area contributed by atoms with Gasteiger partial charge in [0, 0.05) is 6.04 Å². The van der Waals surface area contributed by atoms with Gasteiger partial charge in [0.1, 0.15) is 0 Å². The highest BCUT2D eigenvalue weighted by molar-refractivity contribution is 4.99. The van der Waals surface area contributed by atoms with Crippen molar-refractivity contribution in [3.8, 4) is 0 Å². The number of rotatable bonds is 4. The Kier molecular flexibility index (Phi) is 3.96. The molecule has 1 aliphatic carbocycles. The van der Waals surface area contributed by atoms with Crippen LogP contribution in [0.3, 0.4) is 0 Å². The molecule has 1 saturated carbocycles. The number of unbranched alkanes of at least 4 members (excludes halogenated alkanes) is 2. The van der Waals surface area contributed by atoms with E-state index in [4.69, 9.17) is 5.73 Å². The van der Waals surface area contributed by atoms with Crippen molar-refractivity contribution >= 4 is 0 Å². The zero-order chi connectivity index (χ0) is 10.8. The van der Waals surface area contributed by atoms with Crippen molar-refractivity contribution < 1.29 is 5.11 Å². The Morgan fingerprint density at radius 1 is 1.36 bits per heavy atom. The molecular formula is C12H25NO. The van der Waals surface area contributed by atoms with Gasteiger partial charge in [0.05, 0.1) is 6.10 Å². The second-order valence-corrected chi connectivity index (χ2v) is 5.36. The zero-order valence-electron chi connectivity index (χ0n) is 9.79. The summed E-state index contributed by atoms with van der Waals surface area (Å²) in [5, 5.41) is 9.93. The molecular weight excluding hydrogens is 174 g/mol. The summed E-state index contributed by atoms with van der Waals surface area (Å²) in [6, 6.07) is -0.00312. The molecule has 0 aromatic carbocycles. The highest BCUT2D eigenvalue weighted by atomic mass is 16.3. The third-order valence-corrected chi connectivity index (χ3v) is 3.93. The molecule has 3 atom stereocenters. The van der Waals surface area contributed by atoms with Crippen molar-refractivity contribution in [3.63, 3.8) is 0 Å². The van der Waals surface area contributed by atoms with Crippen LogP contribution in [0.4, 0.5) is 0 Å². The Bertz CT molecular complexity index is 179. The molecule has 3 N–H and O–H groups in total. The van der Waals surface area contributed by atoms with Crippen molar-refractivity contribution in [3.05, 3.63) is 0 Å². The lowest BCUT2D eigenvalue weighted by Gasteiger charge is -2.30. The Morgan fingerprint density at radius 3 is 2.43 bits per heavy atom. The molecule has 2 nitrogen and oxygen atoms in total. The normalized spacial score (nSPS) is 36.2. The molecule has 0 radical (unpaired) electrons. The first-order chi connectivity index (χ1) is 6.50. The first-order valence-electron chi connectivity index (χ1n) is 5.93. The van der Waals surface area contributed by atoms with Crippen molar-refractivity contribution in [2.45, 2.75) is 65.0 Å². The molecule has 0 aromatic heterocycles. The van der Waals surface area contributed by atoms with Gasteiger partial charge >= 0.3 is 0 Å².